The minimum absolute atomic E-state index is 0.170. The number of nitrogens with zero attached hydrogens (tertiary/aromatic N) is 3. The number of nitrogens with one attached hydrogen (secondary N) is 1. The van der Waals surface area contributed by atoms with Crippen molar-refractivity contribution in [1.29, 1.82) is 0 Å². The molecule has 2 aromatic heterocycles. The number of aryl methyl sites for hydroxylation is 1. The van der Waals surface area contributed by atoms with Crippen molar-refractivity contribution < 1.29 is 4.79 Å². The lowest BCUT2D eigenvalue weighted by atomic mass is 10.1. The molecule has 0 radical (unpaired) electrons. The summed E-state index contributed by atoms with van der Waals surface area (Å²) >= 11 is 7.11. The number of rotatable bonds is 5. The summed E-state index contributed by atoms with van der Waals surface area (Å²) in [4.78, 5) is 25.5. The Labute approximate surface area is 161 Å². The molecule has 0 saturated carbocycles. The second-order valence-electron chi connectivity index (χ2n) is 5.65. The highest BCUT2D eigenvalue weighted by Gasteiger charge is 2.17. The molecule has 26 heavy (non-hydrogen) atoms. The van der Waals surface area contributed by atoms with Gasteiger partial charge in [-0.15, -0.1) is 0 Å². The highest BCUT2D eigenvalue weighted by Crippen LogP contribution is 2.25. The number of pyridine rings is 1. The maximum absolute atomic E-state index is 12.4. The summed E-state index contributed by atoms with van der Waals surface area (Å²) in [6, 6.07) is 15.2. The summed E-state index contributed by atoms with van der Waals surface area (Å²) in [5.41, 5.74) is 2.71. The molecule has 0 bridgehead atoms. The van der Waals surface area contributed by atoms with Crippen molar-refractivity contribution >= 4 is 35.1 Å². The lowest BCUT2D eigenvalue weighted by Crippen LogP contribution is -2.23. The third-order valence-electron chi connectivity index (χ3n) is 3.53. The average Bonchev–Trinajstić information content (AvgIpc) is 2.64. The summed E-state index contributed by atoms with van der Waals surface area (Å²) in [6.45, 7) is 3.73. The minimum atomic E-state index is -0.377. The van der Waals surface area contributed by atoms with Gasteiger partial charge in [0.05, 0.1) is 16.0 Å². The SMILES string of the molecule is Cc1cc(-c2ccccc2)nc(S[C@H](C)C(=O)Nc2ccc(Cl)cn2)n1. The first-order valence-electron chi connectivity index (χ1n) is 8.01. The molecule has 1 amide bonds. The third-order valence-corrected chi connectivity index (χ3v) is 4.72. The summed E-state index contributed by atoms with van der Waals surface area (Å²) in [6.07, 6.45) is 1.49. The largest absolute Gasteiger partial charge is 0.310 e. The van der Waals surface area contributed by atoms with Gasteiger partial charge in [-0.1, -0.05) is 53.7 Å². The van der Waals surface area contributed by atoms with Gasteiger partial charge >= 0.3 is 0 Å². The number of aromatic nitrogens is 3. The zero-order chi connectivity index (χ0) is 18.5. The van der Waals surface area contributed by atoms with Crippen molar-refractivity contribution in [3.05, 3.63) is 65.4 Å². The van der Waals surface area contributed by atoms with Crippen molar-refractivity contribution in [2.24, 2.45) is 0 Å². The van der Waals surface area contributed by atoms with Gasteiger partial charge in [-0.25, -0.2) is 15.0 Å². The zero-order valence-corrected chi connectivity index (χ0v) is 15.9. The van der Waals surface area contributed by atoms with E-state index >= 15 is 0 Å². The maximum atomic E-state index is 12.4. The standard InChI is InChI=1S/C19H17ClN4OS/c1-12-10-16(14-6-4-3-5-7-14)23-19(22-12)26-13(2)18(25)24-17-9-8-15(20)11-21-17/h3-11,13H,1-2H3,(H,21,24,25)/t13-/m1/s1. The molecule has 1 aromatic carbocycles. The van der Waals surface area contributed by atoms with Gasteiger partial charge in [0, 0.05) is 17.5 Å². The number of hydrogen-bond donors (Lipinski definition) is 1. The van der Waals surface area contributed by atoms with Crippen LogP contribution in [0, 0.1) is 6.92 Å². The lowest BCUT2D eigenvalue weighted by molar-refractivity contribution is -0.115. The molecular formula is C19H17ClN4OS. The van der Waals surface area contributed by atoms with Crippen molar-refractivity contribution in [3.8, 4) is 11.3 Å². The molecule has 0 aliphatic carbocycles. The fraction of sp³-hybridized carbons (Fsp3) is 0.158. The van der Waals surface area contributed by atoms with Gasteiger partial charge in [-0.2, -0.15) is 0 Å². The van der Waals surface area contributed by atoms with E-state index in [1.165, 1.54) is 18.0 Å². The fourth-order valence-corrected chi connectivity index (χ4v) is 3.18. The van der Waals surface area contributed by atoms with E-state index in [4.69, 9.17) is 11.6 Å². The van der Waals surface area contributed by atoms with Crippen LogP contribution in [0.3, 0.4) is 0 Å². The van der Waals surface area contributed by atoms with Crippen LogP contribution in [0.15, 0.2) is 59.9 Å². The van der Waals surface area contributed by atoms with Crippen LogP contribution in [0.4, 0.5) is 5.82 Å². The van der Waals surface area contributed by atoms with Crippen LogP contribution < -0.4 is 5.32 Å². The Balaban J connectivity index is 1.72. The monoisotopic (exact) mass is 384 g/mol. The Morgan fingerprint density at radius 1 is 1.15 bits per heavy atom. The molecule has 2 heterocycles. The first-order chi connectivity index (χ1) is 12.5. The first-order valence-corrected chi connectivity index (χ1v) is 9.27. The number of hydrogen-bond acceptors (Lipinski definition) is 5. The Morgan fingerprint density at radius 2 is 1.92 bits per heavy atom. The van der Waals surface area contributed by atoms with Gasteiger partial charge in [-0.3, -0.25) is 4.79 Å². The molecule has 3 rings (SSSR count). The Kier molecular flexibility index (Phi) is 5.85. The number of carbonyl (C=O) groups is 1. The van der Waals surface area contributed by atoms with Gasteiger partial charge in [0.1, 0.15) is 5.82 Å². The molecule has 0 aliphatic heterocycles. The van der Waals surface area contributed by atoms with Gasteiger partial charge in [-0.05, 0) is 32.0 Å². The predicted octanol–water partition coefficient (Wildman–Crippen LogP) is 4.62. The van der Waals surface area contributed by atoms with Crippen LogP contribution in [-0.2, 0) is 4.79 Å². The Bertz CT molecular complexity index is 903. The van der Waals surface area contributed by atoms with E-state index in [-0.39, 0.29) is 11.2 Å². The summed E-state index contributed by atoms with van der Waals surface area (Å²) in [7, 11) is 0. The van der Waals surface area contributed by atoms with Crippen LogP contribution in [0.2, 0.25) is 5.02 Å². The molecule has 0 saturated heterocycles. The van der Waals surface area contributed by atoms with E-state index in [1.807, 2.05) is 50.2 Å². The molecule has 0 unspecified atom stereocenters. The Morgan fingerprint density at radius 3 is 2.62 bits per heavy atom. The van der Waals surface area contributed by atoms with Crippen LogP contribution in [0.25, 0.3) is 11.3 Å². The molecular weight excluding hydrogens is 368 g/mol. The predicted molar refractivity (Wildman–Crippen MR) is 105 cm³/mol. The molecule has 0 aliphatic rings. The minimum Gasteiger partial charge on any atom is -0.310 e. The summed E-state index contributed by atoms with van der Waals surface area (Å²) < 4.78 is 0. The van der Waals surface area contributed by atoms with Crippen LogP contribution in [0.5, 0.6) is 0 Å². The number of carbonyl (C=O) groups excluding carboxylic acids is 1. The van der Waals surface area contributed by atoms with E-state index in [1.54, 1.807) is 12.1 Å². The van der Waals surface area contributed by atoms with Crippen molar-refractivity contribution in [3.63, 3.8) is 0 Å². The van der Waals surface area contributed by atoms with E-state index in [0.717, 1.165) is 17.0 Å². The van der Waals surface area contributed by atoms with Crippen molar-refractivity contribution in [2.45, 2.75) is 24.3 Å². The second kappa shape index (κ2) is 8.29. The van der Waals surface area contributed by atoms with E-state index < -0.39 is 0 Å². The highest BCUT2D eigenvalue weighted by molar-refractivity contribution is 8.00. The van der Waals surface area contributed by atoms with Gasteiger partial charge < -0.3 is 5.32 Å². The molecule has 1 atom stereocenters. The number of halogens is 1. The molecule has 7 heteroatoms. The molecule has 5 nitrogen and oxygen atoms in total. The maximum Gasteiger partial charge on any atom is 0.238 e. The van der Waals surface area contributed by atoms with E-state index in [2.05, 4.69) is 20.3 Å². The smallest absolute Gasteiger partial charge is 0.238 e. The fourth-order valence-electron chi connectivity index (χ4n) is 2.24. The van der Waals surface area contributed by atoms with Gasteiger partial charge in [0.15, 0.2) is 5.16 Å². The number of anilines is 1. The summed E-state index contributed by atoms with van der Waals surface area (Å²) in [5, 5.41) is 3.47. The van der Waals surface area contributed by atoms with Crippen LogP contribution >= 0.6 is 23.4 Å². The normalized spacial score (nSPS) is 11.8. The van der Waals surface area contributed by atoms with Crippen LogP contribution in [0.1, 0.15) is 12.6 Å². The highest BCUT2D eigenvalue weighted by atomic mass is 35.5. The van der Waals surface area contributed by atoms with Gasteiger partial charge in [0.25, 0.3) is 0 Å². The van der Waals surface area contributed by atoms with Crippen molar-refractivity contribution in [1.82, 2.24) is 15.0 Å². The second-order valence-corrected chi connectivity index (χ2v) is 7.40. The molecule has 0 spiro atoms. The lowest BCUT2D eigenvalue weighted by Gasteiger charge is -2.12. The topological polar surface area (TPSA) is 67.8 Å². The number of thioether (sulfide) groups is 1. The molecule has 1 N–H and O–H groups in total. The van der Waals surface area contributed by atoms with Gasteiger partial charge in [0.2, 0.25) is 5.91 Å². The van der Waals surface area contributed by atoms with E-state index in [0.29, 0.717) is 16.0 Å². The Hall–Kier alpha value is -2.44. The first kappa shape index (κ1) is 18.4. The average molecular weight is 385 g/mol. The summed E-state index contributed by atoms with van der Waals surface area (Å²) in [5.74, 6) is 0.290. The molecule has 0 fully saturated rings. The number of amides is 1. The quantitative estimate of drug-likeness (QED) is 0.513. The molecule has 132 valence electrons. The van der Waals surface area contributed by atoms with Crippen LogP contribution in [-0.4, -0.2) is 26.1 Å². The third kappa shape index (κ3) is 4.80. The molecule has 3 aromatic rings. The zero-order valence-electron chi connectivity index (χ0n) is 14.3. The van der Waals surface area contributed by atoms with Crippen molar-refractivity contribution in [2.75, 3.05) is 5.32 Å². The van der Waals surface area contributed by atoms with E-state index in [9.17, 15) is 4.79 Å². The number of benzene rings is 1.